The molecule has 0 aromatic heterocycles. The van der Waals surface area contributed by atoms with Gasteiger partial charge in [0.1, 0.15) is 0 Å². The third kappa shape index (κ3) is 2.74. The molecule has 0 fully saturated rings. The van der Waals surface area contributed by atoms with Crippen LogP contribution in [0.2, 0.25) is 0 Å². The Morgan fingerprint density at radius 3 is 2.59 bits per heavy atom. The average Bonchev–Trinajstić information content (AvgIpc) is 2.39. The van der Waals surface area contributed by atoms with Gasteiger partial charge in [-0.05, 0) is 22.8 Å². The summed E-state index contributed by atoms with van der Waals surface area (Å²) in [4.78, 5) is 0. The molecular formula is C14H14Cl2O. The monoisotopic (exact) mass is 268 g/mol. The lowest BCUT2D eigenvalue weighted by atomic mass is 9.91. The van der Waals surface area contributed by atoms with Crippen molar-refractivity contribution in [1.29, 1.82) is 0 Å². The molecule has 1 aliphatic rings. The second kappa shape index (κ2) is 5.26. The van der Waals surface area contributed by atoms with Gasteiger partial charge in [-0.15, -0.1) is 11.6 Å². The molecule has 0 saturated carbocycles. The molecule has 0 aliphatic heterocycles. The third-order valence-electron chi connectivity index (χ3n) is 2.92. The van der Waals surface area contributed by atoms with E-state index in [1.54, 1.807) is 7.11 Å². The maximum atomic E-state index is 6.28. The van der Waals surface area contributed by atoms with E-state index in [0.717, 1.165) is 16.7 Å². The minimum Gasteiger partial charge on any atom is -0.359 e. The van der Waals surface area contributed by atoms with Gasteiger partial charge in [-0.2, -0.15) is 0 Å². The van der Waals surface area contributed by atoms with Crippen molar-refractivity contribution in [3.8, 4) is 0 Å². The summed E-state index contributed by atoms with van der Waals surface area (Å²) < 4.78 is 5.28. The van der Waals surface area contributed by atoms with Crippen LogP contribution in [-0.4, -0.2) is 18.1 Å². The molecule has 1 aromatic rings. The quantitative estimate of drug-likeness (QED) is 0.746. The van der Waals surface area contributed by atoms with E-state index < -0.39 is 5.06 Å². The largest absolute Gasteiger partial charge is 0.359 e. The van der Waals surface area contributed by atoms with Gasteiger partial charge in [0.15, 0.2) is 5.06 Å². The molecule has 1 atom stereocenters. The molecule has 1 unspecified atom stereocenters. The van der Waals surface area contributed by atoms with Crippen LogP contribution >= 0.6 is 23.2 Å². The molecule has 1 aromatic carbocycles. The number of ether oxygens (including phenoxy) is 1. The fourth-order valence-corrected chi connectivity index (χ4v) is 2.41. The maximum absolute atomic E-state index is 6.28. The number of halogens is 2. The van der Waals surface area contributed by atoms with Crippen LogP contribution in [0, 0.1) is 0 Å². The first-order valence-electron chi connectivity index (χ1n) is 5.45. The molecule has 0 spiro atoms. The van der Waals surface area contributed by atoms with Crippen LogP contribution in [0.4, 0.5) is 0 Å². The zero-order valence-corrected chi connectivity index (χ0v) is 11.1. The second-order valence-corrected chi connectivity index (χ2v) is 4.92. The number of hydrogen-bond donors (Lipinski definition) is 0. The van der Waals surface area contributed by atoms with Crippen molar-refractivity contribution >= 4 is 28.8 Å². The average molecular weight is 269 g/mol. The summed E-state index contributed by atoms with van der Waals surface area (Å²) in [7, 11) is 1.61. The molecular weight excluding hydrogens is 255 g/mol. The molecule has 0 radical (unpaired) electrons. The lowest BCUT2D eigenvalue weighted by Gasteiger charge is -2.28. The van der Waals surface area contributed by atoms with Crippen molar-refractivity contribution in [1.82, 2.24) is 0 Å². The predicted octanol–water partition coefficient (Wildman–Crippen LogP) is 4.22. The minimum atomic E-state index is -0.748. The van der Waals surface area contributed by atoms with Gasteiger partial charge in [-0.25, -0.2) is 0 Å². The number of alkyl halides is 2. The maximum Gasteiger partial charge on any atom is 0.164 e. The van der Waals surface area contributed by atoms with Crippen molar-refractivity contribution in [3.05, 3.63) is 53.6 Å². The molecule has 0 saturated heterocycles. The Hall–Kier alpha value is -0.760. The standard InChI is InChI=1S/C14H14Cl2O/c1-17-14(16)8-7-13(12(9-14)10-15)11-5-3-2-4-6-11/h2-8H,9-10H2,1H3. The summed E-state index contributed by atoms with van der Waals surface area (Å²) in [5.41, 5.74) is 3.42. The molecule has 0 amide bonds. The van der Waals surface area contributed by atoms with Crippen LogP contribution in [0.5, 0.6) is 0 Å². The van der Waals surface area contributed by atoms with Gasteiger partial charge in [-0.3, -0.25) is 0 Å². The molecule has 2 rings (SSSR count). The zero-order chi connectivity index (χ0) is 12.3. The van der Waals surface area contributed by atoms with Crippen molar-refractivity contribution in [2.45, 2.75) is 11.5 Å². The SMILES string of the molecule is COC1(Cl)C=CC(c2ccccc2)=C(CCl)C1. The molecule has 0 heterocycles. The van der Waals surface area contributed by atoms with Gasteiger partial charge in [0.2, 0.25) is 0 Å². The zero-order valence-electron chi connectivity index (χ0n) is 9.62. The van der Waals surface area contributed by atoms with E-state index in [-0.39, 0.29) is 0 Å². The molecule has 90 valence electrons. The Balaban J connectivity index is 2.38. The Labute approximate surface area is 112 Å². The van der Waals surface area contributed by atoms with E-state index in [2.05, 4.69) is 12.1 Å². The minimum absolute atomic E-state index is 0.465. The van der Waals surface area contributed by atoms with Crippen molar-refractivity contribution in [2.75, 3.05) is 13.0 Å². The molecule has 0 bridgehead atoms. The van der Waals surface area contributed by atoms with Crippen molar-refractivity contribution < 1.29 is 4.74 Å². The third-order valence-corrected chi connectivity index (χ3v) is 3.66. The summed E-state index contributed by atoms with van der Waals surface area (Å²) in [6.07, 6.45) is 4.50. The lowest BCUT2D eigenvalue weighted by Crippen LogP contribution is -2.24. The Morgan fingerprint density at radius 1 is 1.29 bits per heavy atom. The number of hydrogen-bond acceptors (Lipinski definition) is 1. The summed E-state index contributed by atoms with van der Waals surface area (Å²) in [6, 6.07) is 10.2. The fraction of sp³-hybridized carbons (Fsp3) is 0.286. The number of benzene rings is 1. The van der Waals surface area contributed by atoms with Crippen LogP contribution in [-0.2, 0) is 4.74 Å². The van der Waals surface area contributed by atoms with E-state index >= 15 is 0 Å². The van der Waals surface area contributed by atoms with Crippen molar-refractivity contribution in [3.63, 3.8) is 0 Å². The van der Waals surface area contributed by atoms with Crippen LogP contribution < -0.4 is 0 Å². The summed E-state index contributed by atoms with van der Waals surface area (Å²) >= 11 is 12.3. The van der Waals surface area contributed by atoms with Crippen LogP contribution in [0.25, 0.3) is 5.57 Å². The highest BCUT2D eigenvalue weighted by Crippen LogP contribution is 2.37. The highest BCUT2D eigenvalue weighted by molar-refractivity contribution is 6.25. The number of allylic oxidation sites excluding steroid dienone is 2. The molecule has 17 heavy (non-hydrogen) atoms. The van der Waals surface area contributed by atoms with Gasteiger partial charge in [0, 0.05) is 19.4 Å². The fourth-order valence-electron chi connectivity index (χ4n) is 1.95. The Kier molecular flexibility index (Phi) is 3.93. The summed E-state index contributed by atoms with van der Waals surface area (Å²) in [5, 5.41) is -0.748. The topological polar surface area (TPSA) is 9.23 Å². The van der Waals surface area contributed by atoms with Crippen LogP contribution in [0.15, 0.2) is 48.1 Å². The van der Waals surface area contributed by atoms with E-state index in [1.807, 2.05) is 30.4 Å². The molecule has 1 nitrogen and oxygen atoms in total. The molecule has 0 N–H and O–H groups in total. The van der Waals surface area contributed by atoms with E-state index in [9.17, 15) is 0 Å². The first kappa shape index (κ1) is 12.7. The van der Waals surface area contributed by atoms with Gasteiger partial charge in [-0.1, -0.05) is 48.0 Å². The van der Waals surface area contributed by atoms with Gasteiger partial charge in [0.05, 0.1) is 0 Å². The smallest absolute Gasteiger partial charge is 0.164 e. The van der Waals surface area contributed by atoms with E-state index in [0.29, 0.717) is 12.3 Å². The van der Waals surface area contributed by atoms with Crippen LogP contribution in [0.1, 0.15) is 12.0 Å². The summed E-state index contributed by atoms with van der Waals surface area (Å²) in [6.45, 7) is 0. The Bertz CT molecular complexity index is 451. The second-order valence-electron chi connectivity index (χ2n) is 4.02. The highest BCUT2D eigenvalue weighted by atomic mass is 35.5. The van der Waals surface area contributed by atoms with Gasteiger partial charge >= 0.3 is 0 Å². The number of methoxy groups -OCH3 is 1. The summed E-state index contributed by atoms with van der Waals surface area (Å²) in [5.74, 6) is 0.465. The van der Waals surface area contributed by atoms with Gasteiger partial charge in [0.25, 0.3) is 0 Å². The number of rotatable bonds is 3. The molecule has 3 heteroatoms. The predicted molar refractivity (Wildman–Crippen MR) is 73.4 cm³/mol. The highest BCUT2D eigenvalue weighted by Gasteiger charge is 2.29. The van der Waals surface area contributed by atoms with E-state index in [4.69, 9.17) is 27.9 Å². The van der Waals surface area contributed by atoms with Crippen LogP contribution in [0.3, 0.4) is 0 Å². The first-order chi connectivity index (χ1) is 8.18. The van der Waals surface area contributed by atoms with Gasteiger partial charge < -0.3 is 4.74 Å². The lowest BCUT2D eigenvalue weighted by molar-refractivity contribution is 0.104. The first-order valence-corrected chi connectivity index (χ1v) is 6.36. The molecule has 1 aliphatic carbocycles. The Morgan fingerprint density at radius 2 is 2.00 bits per heavy atom. The normalized spacial score (nSPS) is 24.2. The van der Waals surface area contributed by atoms with E-state index in [1.165, 1.54) is 0 Å². The van der Waals surface area contributed by atoms with Crippen molar-refractivity contribution in [2.24, 2.45) is 0 Å².